The lowest BCUT2D eigenvalue weighted by Gasteiger charge is -2.12. The maximum Gasteiger partial charge on any atom is 0.306 e. The van der Waals surface area contributed by atoms with Crippen LogP contribution in [0.5, 0.6) is 0 Å². The minimum Gasteiger partial charge on any atom is -0.481 e. The summed E-state index contributed by atoms with van der Waals surface area (Å²) in [5, 5.41) is 11.6. The van der Waals surface area contributed by atoms with Gasteiger partial charge in [-0.15, -0.1) is 0 Å². The van der Waals surface area contributed by atoms with Crippen molar-refractivity contribution in [1.82, 2.24) is 5.32 Å². The SMILES string of the molecule is O=C(CS(=O)(=O)CCCc1ccccc1)N[C@H]1CC[C@@H](C(=O)O)C1. The number of carboxylic acids is 1. The van der Waals surface area contributed by atoms with Gasteiger partial charge in [0.1, 0.15) is 5.75 Å². The Bertz CT molecular complexity index is 671. The first-order chi connectivity index (χ1) is 11.4. The first-order valence-electron chi connectivity index (χ1n) is 8.12. The third kappa shape index (κ3) is 5.96. The Hall–Kier alpha value is -1.89. The van der Waals surface area contributed by atoms with Gasteiger partial charge in [-0.3, -0.25) is 9.59 Å². The minimum atomic E-state index is -3.45. The summed E-state index contributed by atoms with van der Waals surface area (Å²) in [6, 6.07) is 9.36. The molecule has 0 radical (unpaired) electrons. The van der Waals surface area contributed by atoms with Crippen LogP contribution in [-0.2, 0) is 25.8 Å². The van der Waals surface area contributed by atoms with Gasteiger partial charge in [-0.05, 0) is 37.7 Å². The molecule has 1 aliphatic carbocycles. The summed E-state index contributed by atoms with van der Waals surface area (Å²) in [7, 11) is -3.45. The van der Waals surface area contributed by atoms with E-state index >= 15 is 0 Å². The predicted octanol–water partition coefficient (Wildman–Crippen LogP) is 1.40. The topological polar surface area (TPSA) is 101 Å². The highest BCUT2D eigenvalue weighted by Crippen LogP contribution is 2.25. The fourth-order valence-electron chi connectivity index (χ4n) is 3.02. The predicted molar refractivity (Wildman–Crippen MR) is 90.3 cm³/mol. The van der Waals surface area contributed by atoms with Crippen LogP contribution in [0.25, 0.3) is 0 Å². The highest BCUT2D eigenvalue weighted by Gasteiger charge is 2.31. The summed E-state index contributed by atoms with van der Waals surface area (Å²) in [6.07, 6.45) is 2.60. The quantitative estimate of drug-likeness (QED) is 0.736. The number of aryl methyl sites for hydroxylation is 1. The highest BCUT2D eigenvalue weighted by atomic mass is 32.2. The molecule has 1 aliphatic rings. The summed E-state index contributed by atoms with van der Waals surface area (Å²) in [4.78, 5) is 22.8. The molecule has 1 saturated carbocycles. The zero-order valence-electron chi connectivity index (χ0n) is 13.5. The van der Waals surface area contributed by atoms with Crippen molar-refractivity contribution in [2.45, 2.75) is 38.1 Å². The largest absolute Gasteiger partial charge is 0.481 e. The fraction of sp³-hybridized carbons (Fsp3) is 0.529. The second kappa shape index (κ2) is 8.28. The number of hydrogen-bond acceptors (Lipinski definition) is 4. The molecule has 2 N–H and O–H groups in total. The number of rotatable bonds is 8. The van der Waals surface area contributed by atoms with Gasteiger partial charge in [0.15, 0.2) is 9.84 Å². The lowest BCUT2D eigenvalue weighted by molar-refractivity contribution is -0.141. The first kappa shape index (κ1) is 18.4. The molecule has 2 rings (SSSR count). The molecule has 2 atom stereocenters. The number of carbonyl (C=O) groups excluding carboxylic acids is 1. The van der Waals surface area contributed by atoms with Crippen LogP contribution >= 0.6 is 0 Å². The summed E-state index contributed by atoms with van der Waals surface area (Å²) >= 11 is 0. The van der Waals surface area contributed by atoms with Gasteiger partial charge in [0.25, 0.3) is 0 Å². The molecule has 6 nitrogen and oxygen atoms in total. The molecule has 0 bridgehead atoms. The van der Waals surface area contributed by atoms with Crippen molar-refractivity contribution in [2.75, 3.05) is 11.5 Å². The summed E-state index contributed by atoms with van der Waals surface area (Å²) < 4.78 is 24.0. The van der Waals surface area contributed by atoms with E-state index in [1.807, 2.05) is 30.3 Å². The molecule has 24 heavy (non-hydrogen) atoms. The van der Waals surface area contributed by atoms with Gasteiger partial charge in [0, 0.05) is 6.04 Å². The average molecular weight is 353 g/mol. The van der Waals surface area contributed by atoms with Crippen molar-refractivity contribution >= 4 is 21.7 Å². The monoisotopic (exact) mass is 353 g/mol. The molecule has 0 unspecified atom stereocenters. The van der Waals surface area contributed by atoms with E-state index < -0.39 is 33.4 Å². The Morgan fingerprint density at radius 1 is 1.17 bits per heavy atom. The van der Waals surface area contributed by atoms with E-state index in [1.54, 1.807) is 0 Å². The normalized spacial score (nSPS) is 20.7. The summed E-state index contributed by atoms with van der Waals surface area (Å²) in [6.45, 7) is 0. The molecular weight excluding hydrogens is 330 g/mol. The molecule has 1 aromatic carbocycles. The van der Waals surface area contributed by atoms with Crippen LogP contribution in [0.4, 0.5) is 0 Å². The standard InChI is InChI=1S/C17H23NO5S/c19-16(18-15-9-8-14(11-15)17(20)21)12-24(22,23)10-4-7-13-5-2-1-3-6-13/h1-3,5-6,14-15H,4,7-12H2,(H,18,19)(H,20,21)/t14-,15+/m1/s1. The molecule has 1 aromatic rings. The van der Waals surface area contributed by atoms with Crippen LogP contribution in [0.1, 0.15) is 31.2 Å². The molecule has 0 spiro atoms. The van der Waals surface area contributed by atoms with Gasteiger partial charge >= 0.3 is 5.97 Å². The Kier molecular flexibility index (Phi) is 6.36. The maximum absolute atomic E-state index is 12.0. The van der Waals surface area contributed by atoms with Crippen molar-refractivity contribution in [3.63, 3.8) is 0 Å². The number of nitrogens with one attached hydrogen (secondary N) is 1. The zero-order chi connectivity index (χ0) is 17.6. The van der Waals surface area contributed by atoms with Gasteiger partial charge in [0.2, 0.25) is 5.91 Å². The van der Waals surface area contributed by atoms with Gasteiger partial charge < -0.3 is 10.4 Å². The smallest absolute Gasteiger partial charge is 0.306 e. The fourth-order valence-corrected chi connectivity index (χ4v) is 4.23. The third-order valence-corrected chi connectivity index (χ3v) is 5.87. The number of carbonyl (C=O) groups is 2. The lowest BCUT2D eigenvalue weighted by Crippen LogP contribution is -2.38. The van der Waals surface area contributed by atoms with Crippen LogP contribution < -0.4 is 5.32 Å². The summed E-state index contributed by atoms with van der Waals surface area (Å²) in [5.41, 5.74) is 1.07. The van der Waals surface area contributed by atoms with Crippen molar-refractivity contribution in [3.8, 4) is 0 Å². The molecule has 0 aromatic heterocycles. The molecule has 132 valence electrons. The Morgan fingerprint density at radius 2 is 1.88 bits per heavy atom. The Morgan fingerprint density at radius 3 is 2.50 bits per heavy atom. The van der Waals surface area contributed by atoms with E-state index in [0.29, 0.717) is 32.1 Å². The van der Waals surface area contributed by atoms with Crippen LogP contribution in [0, 0.1) is 5.92 Å². The van der Waals surface area contributed by atoms with Crippen LogP contribution in [0.15, 0.2) is 30.3 Å². The Balaban J connectivity index is 1.73. The van der Waals surface area contributed by atoms with E-state index in [-0.39, 0.29) is 11.8 Å². The number of hydrogen-bond donors (Lipinski definition) is 2. The summed E-state index contributed by atoms with van der Waals surface area (Å²) in [5.74, 6) is -2.41. The van der Waals surface area contributed by atoms with Gasteiger partial charge in [-0.1, -0.05) is 30.3 Å². The van der Waals surface area contributed by atoms with Crippen LogP contribution in [0.2, 0.25) is 0 Å². The van der Waals surface area contributed by atoms with E-state index in [9.17, 15) is 18.0 Å². The molecule has 1 fully saturated rings. The molecule has 1 amide bonds. The molecule has 0 aliphatic heterocycles. The number of sulfone groups is 1. The zero-order valence-corrected chi connectivity index (χ0v) is 14.3. The molecule has 7 heteroatoms. The van der Waals surface area contributed by atoms with E-state index in [0.717, 1.165) is 5.56 Å². The maximum atomic E-state index is 12.0. The number of aliphatic carboxylic acids is 1. The van der Waals surface area contributed by atoms with Gasteiger partial charge in [-0.2, -0.15) is 0 Å². The van der Waals surface area contributed by atoms with Crippen molar-refractivity contribution in [3.05, 3.63) is 35.9 Å². The highest BCUT2D eigenvalue weighted by molar-refractivity contribution is 7.92. The molecule has 0 heterocycles. The third-order valence-electron chi connectivity index (χ3n) is 4.26. The van der Waals surface area contributed by atoms with Crippen molar-refractivity contribution in [2.24, 2.45) is 5.92 Å². The molecular formula is C17H23NO5S. The van der Waals surface area contributed by atoms with Crippen molar-refractivity contribution in [1.29, 1.82) is 0 Å². The second-order valence-electron chi connectivity index (χ2n) is 6.29. The van der Waals surface area contributed by atoms with Gasteiger partial charge in [-0.25, -0.2) is 8.42 Å². The van der Waals surface area contributed by atoms with E-state index in [4.69, 9.17) is 5.11 Å². The average Bonchev–Trinajstić information content (AvgIpc) is 2.96. The minimum absolute atomic E-state index is 0.0300. The van der Waals surface area contributed by atoms with Crippen molar-refractivity contribution < 1.29 is 23.1 Å². The number of benzene rings is 1. The number of carboxylic acid groups (broad SMARTS) is 1. The van der Waals surface area contributed by atoms with E-state index in [1.165, 1.54) is 0 Å². The first-order valence-corrected chi connectivity index (χ1v) is 9.94. The lowest BCUT2D eigenvalue weighted by atomic mass is 10.1. The van der Waals surface area contributed by atoms with Gasteiger partial charge in [0.05, 0.1) is 11.7 Å². The van der Waals surface area contributed by atoms with Crippen LogP contribution in [-0.4, -0.2) is 42.9 Å². The van der Waals surface area contributed by atoms with Crippen LogP contribution in [0.3, 0.4) is 0 Å². The number of amides is 1. The molecule has 0 saturated heterocycles. The van der Waals surface area contributed by atoms with E-state index in [2.05, 4.69) is 5.32 Å². The Labute approximate surface area is 142 Å². The second-order valence-corrected chi connectivity index (χ2v) is 8.48.